The van der Waals surface area contributed by atoms with Crippen molar-refractivity contribution in [2.75, 3.05) is 11.9 Å². The Bertz CT molecular complexity index is 1050. The van der Waals surface area contributed by atoms with Gasteiger partial charge in [0, 0.05) is 29.1 Å². The molecule has 0 atom stereocenters. The number of aryl methyl sites for hydroxylation is 1. The van der Waals surface area contributed by atoms with Crippen molar-refractivity contribution in [2.45, 2.75) is 13.8 Å². The molecule has 2 N–H and O–H groups in total. The highest BCUT2D eigenvalue weighted by molar-refractivity contribution is 6.02. The van der Waals surface area contributed by atoms with Crippen molar-refractivity contribution in [1.82, 2.24) is 9.97 Å². The molecule has 0 aliphatic carbocycles. The fraction of sp³-hybridized carbons (Fsp3) is 0.136. The van der Waals surface area contributed by atoms with E-state index in [4.69, 9.17) is 4.74 Å². The second-order valence-electron chi connectivity index (χ2n) is 6.14. The summed E-state index contributed by atoms with van der Waals surface area (Å²) in [5, 5.41) is 2.81. The van der Waals surface area contributed by atoms with Gasteiger partial charge >= 0.3 is 0 Å². The van der Waals surface area contributed by atoms with Crippen LogP contribution in [0.3, 0.4) is 0 Å². The average Bonchev–Trinajstić information content (AvgIpc) is 2.67. The number of nitrogens with one attached hydrogen (secondary N) is 2. The van der Waals surface area contributed by atoms with Gasteiger partial charge in [-0.1, -0.05) is 24.3 Å². The first-order chi connectivity index (χ1) is 13.5. The van der Waals surface area contributed by atoms with Crippen LogP contribution in [0, 0.1) is 6.92 Å². The molecule has 1 aromatic heterocycles. The lowest BCUT2D eigenvalue weighted by molar-refractivity contribution is -0.111. The summed E-state index contributed by atoms with van der Waals surface area (Å²) < 4.78 is 5.40. The van der Waals surface area contributed by atoms with E-state index >= 15 is 0 Å². The molecule has 6 nitrogen and oxygen atoms in total. The number of hydrogen-bond donors (Lipinski definition) is 2. The Balaban J connectivity index is 1.69. The lowest BCUT2D eigenvalue weighted by Crippen LogP contribution is -2.10. The Morgan fingerprint density at radius 1 is 1.18 bits per heavy atom. The smallest absolute Gasteiger partial charge is 0.251 e. The molecule has 3 aromatic rings. The molecule has 0 aliphatic rings. The highest BCUT2D eigenvalue weighted by Gasteiger charge is 2.05. The van der Waals surface area contributed by atoms with E-state index in [0.717, 1.165) is 11.3 Å². The molecule has 3 rings (SSSR count). The second kappa shape index (κ2) is 8.81. The number of nitrogens with zero attached hydrogens (tertiary/aromatic N) is 1. The van der Waals surface area contributed by atoms with Crippen LogP contribution in [0.5, 0.6) is 5.75 Å². The topological polar surface area (TPSA) is 84.1 Å². The predicted molar refractivity (Wildman–Crippen MR) is 110 cm³/mol. The zero-order valence-corrected chi connectivity index (χ0v) is 15.7. The number of anilines is 1. The van der Waals surface area contributed by atoms with Crippen molar-refractivity contribution in [3.05, 3.63) is 82.3 Å². The molecule has 2 aromatic carbocycles. The third kappa shape index (κ3) is 5.17. The van der Waals surface area contributed by atoms with Crippen molar-refractivity contribution >= 4 is 17.7 Å². The summed E-state index contributed by atoms with van der Waals surface area (Å²) in [6, 6.07) is 16.1. The monoisotopic (exact) mass is 375 g/mol. The van der Waals surface area contributed by atoms with Crippen LogP contribution in [0.4, 0.5) is 5.69 Å². The maximum atomic E-state index is 12.2. The van der Waals surface area contributed by atoms with Crippen molar-refractivity contribution in [3.63, 3.8) is 0 Å². The SMILES string of the molecule is CCOc1ccc(/C=C/C(=O)Nc2cccc(-c3nc(C)cc(=O)[nH]3)c2)cc1. The van der Waals surface area contributed by atoms with Crippen LogP contribution in [0.15, 0.2) is 65.5 Å². The molecule has 6 heteroatoms. The van der Waals surface area contributed by atoms with E-state index in [-0.39, 0.29) is 11.5 Å². The Labute approximate surface area is 162 Å². The third-order valence-corrected chi connectivity index (χ3v) is 3.89. The van der Waals surface area contributed by atoms with E-state index in [1.807, 2.05) is 37.3 Å². The molecular weight excluding hydrogens is 354 g/mol. The van der Waals surface area contributed by atoms with Gasteiger partial charge in [0.25, 0.3) is 5.56 Å². The van der Waals surface area contributed by atoms with Gasteiger partial charge in [0.05, 0.1) is 6.61 Å². The van der Waals surface area contributed by atoms with Gasteiger partial charge in [-0.2, -0.15) is 0 Å². The van der Waals surface area contributed by atoms with E-state index in [9.17, 15) is 9.59 Å². The Hall–Kier alpha value is -3.67. The average molecular weight is 375 g/mol. The van der Waals surface area contributed by atoms with Crippen LogP contribution in [0.2, 0.25) is 0 Å². The minimum atomic E-state index is -0.253. The quantitative estimate of drug-likeness (QED) is 0.642. The van der Waals surface area contributed by atoms with Crippen molar-refractivity contribution < 1.29 is 9.53 Å². The van der Waals surface area contributed by atoms with E-state index in [1.54, 1.807) is 31.2 Å². The number of H-pyrrole nitrogens is 1. The van der Waals surface area contributed by atoms with Gasteiger partial charge < -0.3 is 15.0 Å². The number of hydrogen-bond acceptors (Lipinski definition) is 4. The Kier molecular flexibility index (Phi) is 6.01. The highest BCUT2D eigenvalue weighted by atomic mass is 16.5. The molecule has 0 spiro atoms. The number of carbonyl (C=O) groups is 1. The number of amides is 1. The summed E-state index contributed by atoms with van der Waals surface area (Å²) in [6.07, 6.45) is 3.20. The molecule has 28 heavy (non-hydrogen) atoms. The van der Waals surface area contributed by atoms with Gasteiger partial charge in [-0.3, -0.25) is 9.59 Å². The first kappa shape index (κ1) is 19.1. The predicted octanol–water partition coefficient (Wildman–Crippen LogP) is 3.80. The first-order valence-corrected chi connectivity index (χ1v) is 8.94. The number of carbonyl (C=O) groups excluding carboxylic acids is 1. The van der Waals surface area contributed by atoms with Crippen molar-refractivity contribution in [3.8, 4) is 17.1 Å². The number of aromatic amines is 1. The van der Waals surface area contributed by atoms with Crippen molar-refractivity contribution in [2.24, 2.45) is 0 Å². The minimum absolute atomic E-state index is 0.213. The fourth-order valence-corrected chi connectivity index (χ4v) is 2.66. The van der Waals surface area contributed by atoms with E-state index < -0.39 is 0 Å². The normalized spacial score (nSPS) is 10.8. The molecule has 142 valence electrons. The van der Waals surface area contributed by atoms with Gasteiger partial charge in [0.15, 0.2) is 0 Å². The Morgan fingerprint density at radius 2 is 1.96 bits per heavy atom. The zero-order valence-electron chi connectivity index (χ0n) is 15.7. The molecule has 1 heterocycles. The summed E-state index contributed by atoms with van der Waals surface area (Å²) in [6.45, 7) is 4.30. The van der Waals surface area contributed by atoms with Gasteiger partial charge in [0.1, 0.15) is 11.6 Å². The van der Waals surface area contributed by atoms with Crippen molar-refractivity contribution in [1.29, 1.82) is 0 Å². The molecule has 0 fully saturated rings. The largest absolute Gasteiger partial charge is 0.494 e. The van der Waals surface area contributed by atoms with Gasteiger partial charge in [0.2, 0.25) is 5.91 Å². The standard InChI is InChI=1S/C22H21N3O3/c1-3-28-19-10-7-16(8-11-19)9-12-20(26)24-18-6-4-5-17(14-18)22-23-15(2)13-21(27)25-22/h4-14H,3H2,1-2H3,(H,24,26)(H,23,25,27)/b12-9+. The lowest BCUT2D eigenvalue weighted by Gasteiger charge is -2.06. The lowest BCUT2D eigenvalue weighted by atomic mass is 10.1. The van der Waals surface area contributed by atoms with Crippen LogP contribution in [0.25, 0.3) is 17.5 Å². The summed E-state index contributed by atoms with van der Waals surface area (Å²) >= 11 is 0. The summed E-state index contributed by atoms with van der Waals surface area (Å²) in [5.74, 6) is 1.01. The van der Waals surface area contributed by atoms with E-state index in [1.165, 1.54) is 12.1 Å². The number of benzene rings is 2. The molecular formula is C22H21N3O3. The third-order valence-electron chi connectivity index (χ3n) is 3.89. The molecule has 0 aliphatic heterocycles. The zero-order chi connectivity index (χ0) is 19.9. The molecule has 0 saturated carbocycles. The van der Waals surface area contributed by atoms with E-state index in [2.05, 4.69) is 15.3 Å². The molecule has 0 bridgehead atoms. The Morgan fingerprint density at radius 3 is 2.68 bits per heavy atom. The summed E-state index contributed by atoms with van der Waals surface area (Å²) in [4.78, 5) is 30.9. The number of ether oxygens (including phenoxy) is 1. The summed E-state index contributed by atoms with van der Waals surface area (Å²) in [7, 11) is 0. The maximum absolute atomic E-state index is 12.2. The van der Waals surface area contributed by atoms with Crippen LogP contribution >= 0.6 is 0 Å². The molecule has 0 radical (unpaired) electrons. The molecule has 1 amide bonds. The maximum Gasteiger partial charge on any atom is 0.251 e. The van der Waals surface area contributed by atoms with Gasteiger partial charge in [-0.25, -0.2) is 4.98 Å². The van der Waals surface area contributed by atoms with E-state index in [0.29, 0.717) is 29.4 Å². The highest BCUT2D eigenvalue weighted by Crippen LogP contribution is 2.19. The number of rotatable bonds is 6. The van der Waals surface area contributed by atoms with Crippen LogP contribution < -0.4 is 15.6 Å². The van der Waals surface area contributed by atoms with Crippen LogP contribution in [0.1, 0.15) is 18.2 Å². The second-order valence-corrected chi connectivity index (χ2v) is 6.14. The first-order valence-electron chi connectivity index (χ1n) is 8.94. The minimum Gasteiger partial charge on any atom is -0.494 e. The van der Waals surface area contributed by atoms with Crippen LogP contribution in [-0.2, 0) is 4.79 Å². The fourth-order valence-electron chi connectivity index (χ4n) is 2.66. The molecule has 0 unspecified atom stereocenters. The van der Waals surface area contributed by atoms with Crippen LogP contribution in [-0.4, -0.2) is 22.5 Å². The number of aromatic nitrogens is 2. The summed E-state index contributed by atoms with van der Waals surface area (Å²) in [5.41, 5.74) is 2.65. The van der Waals surface area contributed by atoms with Gasteiger partial charge in [-0.05, 0) is 49.8 Å². The van der Waals surface area contributed by atoms with Gasteiger partial charge in [-0.15, -0.1) is 0 Å². The molecule has 0 saturated heterocycles.